The van der Waals surface area contributed by atoms with Crippen LogP contribution in [0.2, 0.25) is 0 Å². The van der Waals surface area contributed by atoms with Gasteiger partial charge in [-0.1, -0.05) is 48.6 Å². The number of nitrogens with one attached hydrogen (secondary N) is 1. The number of hydrazine groups is 1. The van der Waals surface area contributed by atoms with E-state index in [2.05, 4.69) is 46.9 Å². The van der Waals surface area contributed by atoms with Gasteiger partial charge in [0.1, 0.15) is 0 Å². The maximum Gasteiger partial charge on any atom is 0.0650 e. The smallest absolute Gasteiger partial charge is 0.0650 e. The summed E-state index contributed by atoms with van der Waals surface area (Å²) in [6.45, 7) is 4.02. The molecule has 3 rings (SSSR count). The fourth-order valence-corrected chi connectivity index (χ4v) is 2.43. The molecule has 0 amide bonds. The van der Waals surface area contributed by atoms with Crippen LogP contribution < -0.4 is 10.4 Å². The van der Waals surface area contributed by atoms with Crippen molar-refractivity contribution in [2.45, 2.75) is 19.4 Å². The van der Waals surface area contributed by atoms with Crippen LogP contribution in [-0.4, -0.2) is 22.7 Å². The Morgan fingerprint density at radius 1 is 0.955 bits per heavy atom. The van der Waals surface area contributed by atoms with Crippen LogP contribution in [0, 0.1) is 0 Å². The number of hydrogen-bond donors (Lipinski definition) is 2. The Morgan fingerprint density at radius 3 is 1.86 bits per heavy atom. The highest BCUT2D eigenvalue weighted by atomic mass is 16.3. The summed E-state index contributed by atoms with van der Waals surface area (Å²) in [7, 11) is 0. The van der Waals surface area contributed by atoms with Gasteiger partial charge in [0.25, 0.3) is 0 Å². The van der Waals surface area contributed by atoms with Gasteiger partial charge in [0.05, 0.1) is 23.5 Å². The molecular formula is C18H24N2O2. The van der Waals surface area contributed by atoms with Crippen LogP contribution in [0.1, 0.15) is 26.4 Å². The molecule has 0 atom stereocenters. The first-order valence-corrected chi connectivity index (χ1v) is 7.16. The van der Waals surface area contributed by atoms with Crippen molar-refractivity contribution >= 4 is 23.5 Å². The number of benzene rings is 2. The van der Waals surface area contributed by atoms with Gasteiger partial charge in [0.15, 0.2) is 0 Å². The van der Waals surface area contributed by atoms with Crippen LogP contribution in [0.15, 0.2) is 48.5 Å². The molecule has 0 radical (unpaired) electrons. The number of anilines is 2. The van der Waals surface area contributed by atoms with E-state index in [4.69, 9.17) is 0 Å². The SMILES string of the molecule is CC(C)(CO)NN1c2ccccc2C=Cc2ccccc21.O.[HH]. The summed E-state index contributed by atoms with van der Waals surface area (Å²) in [5.41, 5.74) is 7.49. The lowest BCUT2D eigenvalue weighted by atomic mass is 10.1. The molecule has 1 heterocycles. The summed E-state index contributed by atoms with van der Waals surface area (Å²) < 4.78 is 0. The summed E-state index contributed by atoms with van der Waals surface area (Å²) in [6, 6.07) is 16.5. The number of para-hydroxylation sites is 2. The van der Waals surface area contributed by atoms with E-state index in [0.717, 1.165) is 22.5 Å². The van der Waals surface area contributed by atoms with E-state index in [0.29, 0.717) is 0 Å². The third-order valence-electron chi connectivity index (χ3n) is 3.61. The first-order valence-electron chi connectivity index (χ1n) is 7.16. The van der Waals surface area contributed by atoms with Crippen molar-refractivity contribution in [2.75, 3.05) is 11.6 Å². The predicted octanol–water partition coefficient (Wildman–Crippen LogP) is 3.01. The van der Waals surface area contributed by atoms with E-state index in [1.165, 1.54) is 0 Å². The quantitative estimate of drug-likeness (QED) is 0.915. The van der Waals surface area contributed by atoms with Crippen LogP contribution in [0.5, 0.6) is 0 Å². The fourth-order valence-electron chi connectivity index (χ4n) is 2.43. The molecule has 2 aromatic rings. The Kier molecular flexibility index (Phi) is 4.66. The molecule has 0 saturated carbocycles. The van der Waals surface area contributed by atoms with Gasteiger partial charge in [-0.15, -0.1) is 0 Å². The molecule has 1 aliphatic heterocycles. The maximum absolute atomic E-state index is 9.59. The van der Waals surface area contributed by atoms with Crippen molar-refractivity contribution < 1.29 is 12.0 Å². The minimum Gasteiger partial charge on any atom is -0.412 e. The lowest BCUT2D eigenvalue weighted by molar-refractivity contribution is 0.189. The van der Waals surface area contributed by atoms with Crippen molar-refractivity contribution in [1.82, 2.24) is 5.43 Å². The Balaban J connectivity index is 0.00000132. The molecular weight excluding hydrogens is 276 g/mol. The zero-order valence-electron chi connectivity index (χ0n) is 12.9. The molecule has 2 aromatic carbocycles. The highest BCUT2D eigenvalue weighted by Crippen LogP contribution is 2.35. The molecule has 0 bridgehead atoms. The maximum atomic E-state index is 9.59. The molecule has 0 unspecified atom stereocenters. The van der Waals surface area contributed by atoms with E-state index < -0.39 is 5.54 Å². The summed E-state index contributed by atoms with van der Waals surface area (Å²) in [4.78, 5) is 0. The number of aliphatic hydroxyl groups excluding tert-OH is 1. The number of aliphatic hydroxyl groups is 1. The molecule has 0 spiro atoms. The normalized spacial score (nSPS) is 13.0. The van der Waals surface area contributed by atoms with E-state index in [-0.39, 0.29) is 13.5 Å². The molecule has 0 aromatic heterocycles. The first kappa shape index (κ1) is 16.2. The first-order chi connectivity index (χ1) is 10.1. The van der Waals surface area contributed by atoms with Crippen molar-refractivity contribution in [3.05, 3.63) is 59.7 Å². The zero-order chi connectivity index (χ0) is 14.9. The number of hydrogen-bond acceptors (Lipinski definition) is 3. The van der Waals surface area contributed by atoms with E-state index in [1.54, 1.807) is 0 Å². The zero-order valence-corrected chi connectivity index (χ0v) is 12.9. The lowest BCUT2D eigenvalue weighted by Gasteiger charge is -2.35. The fraction of sp³-hybridized carbons (Fsp3) is 0.222. The monoisotopic (exact) mass is 300 g/mol. The van der Waals surface area contributed by atoms with Crippen LogP contribution >= 0.6 is 0 Å². The molecule has 22 heavy (non-hydrogen) atoms. The van der Waals surface area contributed by atoms with Gasteiger partial charge < -0.3 is 10.6 Å². The minimum atomic E-state index is -0.412. The Labute approximate surface area is 132 Å². The molecule has 4 heteroatoms. The molecule has 118 valence electrons. The minimum absolute atomic E-state index is 0. The van der Waals surface area contributed by atoms with Gasteiger partial charge in [0, 0.05) is 1.43 Å². The van der Waals surface area contributed by atoms with Crippen LogP contribution in [0.4, 0.5) is 11.4 Å². The Morgan fingerprint density at radius 2 is 1.41 bits per heavy atom. The van der Waals surface area contributed by atoms with Gasteiger partial charge in [-0.3, -0.25) is 5.01 Å². The number of rotatable bonds is 3. The third-order valence-corrected chi connectivity index (χ3v) is 3.61. The van der Waals surface area contributed by atoms with Crippen LogP contribution in [0.3, 0.4) is 0 Å². The van der Waals surface area contributed by atoms with Crippen molar-refractivity contribution in [3.8, 4) is 0 Å². The Hall–Kier alpha value is -2.14. The summed E-state index contributed by atoms with van der Waals surface area (Å²) in [5.74, 6) is 0. The second-order valence-electron chi connectivity index (χ2n) is 5.94. The van der Waals surface area contributed by atoms with E-state index in [1.807, 2.05) is 38.1 Å². The van der Waals surface area contributed by atoms with Crippen LogP contribution in [-0.2, 0) is 0 Å². The van der Waals surface area contributed by atoms with Crippen molar-refractivity contribution in [3.63, 3.8) is 0 Å². The van der Waals surface area contributed by atoms with Gasteiger partial charge in [-0.05, 0) is 37.1 Å². The second kappa shape index (κ2) is 6.32. The molecule has 0 aliphatic carbocycles. The Bertz CT molecular complexity index is 637. The highest BCUT2D eigenvalue weighted by Gasteiger charge is 2.24. The second-order valence-corrected chi connectivity index (χ2v) is 5.94. The van der Waals surface area contributed by atoms with Crippen molar-refractivity contribution in [2.24, 2.45) is 0 Å². The van der Waals surface area contributed by atoms with Gasteiger partial charge >= 0.3 is 0 Å². The predicted molar refractivity (Wildman–Crippen MR) is 94.0 cm³/mol. The van der Waals surface area contributed by atoms with Gasteiger partial charge in [-0.2, -0.15) is 0 Å². The largest absolute Gasteiger partial charge is 0.412 e. The van der Waals surface area contributed by atoms with Gasteiger partial charge in [0.2, 0.25) is 0 Å². The topological polar surface area (TPSA) is 67.0 Å². The average Bonchev–Trinajstić information content (AvgIpc) is 2.66. The van der Waals surface area contributed by atoms with Crippen LogP contribution in [0.25, 0.3) is 12.2 Å². The number of fused-ring (bicyclic) bond motifs is 2. The molecule has 4 N–H and O–H groups in total. The summed E-state index contributed by atoms with van der Waals surface area (Å²) >= 11 is 0. The standard InChI is InChI=1S/C18H20N2O.H2O.H2/c1-18(2,13-21)19-20-16-9-5-3-7-14(16)11-12-15-8-4-6-10-17(15)20;;/h3-12,19,21H,13H2,1-2H3;1H2;1H. The number of nitrogens with zero attached hydrogens (tertiary/aromatic N) is 1. The molecule has 0 fully saturated rings. The molecule has 4 nitrogen and oxygen atoms in total. The molecule has 1 aliphatic rings. The summed E-state index contributed by atoms with van der Waals surface area (Å²) in [6.07, 6.45) is 4.25. The molecule has 0 saturated heterocycles. The van der Waals surface area contributed by atoms with E-state index in [9.17, 15) is 5.11 Å². The highest BCUT2D eigenvalue weighted by molar-refractivity contribution is 5.88. The van der Waals surface area contributed by atoms with Crippen molar-refractivity contribution in [1.29, 1.82) is 0 Å². The average molecular weight is 300 g/mol. The lowest BCUT2D eigenvalue weighted by Crippen LogP contribution is -2.51. The third kappa shape index (κ3) is 3.04. The van der Waals surface area contributed by atoms with Gasteiger partial charge in [-0.25, -0.2) is 5.43 Å². The van der Waals surface area contributed by atoms with E-state index >= 15 is 0 Å². The summed E-state index contributed by atoms with van der Waals surface area (Å²) in [5, 5.41) is 11.7.